The lowest BCUT2D eigenvalue weighted by Gasteiger charge is -2.01. The lowest BCUT2D eigenvalue weighted by atomic mass is 10.1. The van der Waals surface area contributed by atoms with Gasteiger partial charge < -0.3 is 0 Å². The lowest BCUT2D eigenvalue weighted by Crippen LogP contribution is -1.83. The summed E-state index contributed by atoms with van der Waals surface area (Å²) in [5, 5.41) is 9.41. The van der Waals surface area contributed by atoms with E-state index >= 15 is 0 Å². The second kappa shape index (κ2) is 4.12. The van der Waals surface area contributed by atoms with Gasteiger partial charge in [0.15, 0.2) is 0 Å². The second-order valence-corrected chi connectivity index (χ2v) is 3.49. The number of pyridine rings is 1. The smallest absolute Gasteiger partial charge is 0.141 e. The van der Waals surface area contributed by atoms with Crippen LogP contribution in [0, 0.1) is 11.3 Å². The molecule has 0 fully saturated rings. The van der Waals surface area contributed by atoms with Crippen LogP contribution < -0.4 is 0 Å². The largest absolute Gasteiger partial charge is 0.246 e. The summed E-state index contributed by atoms with van der Waals surface area (Å²) < 4.78 is 0. The minimum absolute atomic E-state index is 0.410. The predicted octanol–water partition coefficient (Wildman–Crippen LogP) is 3.27. The van der Waals surface area contributed by atoms with Crippen molar-refractivity contribution in [3.63, 3.8) is 0 Å². The van der Waals surface area contributed by atoms with Crippen molar-refractivity contribution in [3.8, 4) is 17.2 Å². The van der Waals surface area contributed by atoms with Crippen LogP contribution in [-0.4, -0.2) is 4.98 Å². The predicted molar refractivity (Wildman–Crippen MR) is 59.4 cm³/mol. The molecule has 0 bridgehead atoms. The maximum atomic E-state index is 8.72. The van der Waals surface area contributed by atoms with E-state index in [0.29, 0.717) is 10.7 Å². The summed E-state index contributed by atoms with van der Waals surface area (Å²) in [5.41, 5.74) is 2.35. The van der Waals surface area contributed by atoms with E-state index in [1.807, 2.05) is 36.4 Å². The molecule has 1 heterocycles. The first-order valence-electron chi connectivity index (χ1n) is 4.42. The van der Waals surface area contributed by atoms with Crippen LogP contribution in [0.2, 0.25) is 5.02 Å². The van der Waals surface area contributed by atoms with Gasteiger partial charge >= 0.3 is 0 Å². The van der Waals surface area contributed by atoms with Crippen molar-refractivity contribution in [3.05, 3.63) is 53.3 Å². The van der Waals surface area contributed by atoms with Crippen LogP contribution in [0.15, 0.2) is 42.6 Å². The molecule has 0 spiro atoms. The maximum Gasteiger partial charge on any atom is 0.141 e. The molecular formula is C12H7ClN2. The van der Waals surface area contributed by atoms with E-state index < -0.39 is 0 Å². The number of benzene rings is 1. The Labute approximate surface area is 92.8 Å². The minimum Gasteiger partial charge on any atom is -0.246 e. The van der Waals surface area contributed by atoms with Crippen LogP contribution >= 0.6 is 11.6 Å². The highest BCUT2D eigenvalue weighted by Gasteiger charge is 1.99. The molecule has 3 heteroatoms. The van der Waals surface area contributed by atoms with Crippen molar-refractivity contribution < 1.29 is 0 Å². The van der Waals surface area contributed by atoms with Gasteiger partial charge in [0.1, 0.15) is 11.8 Å². The van der Waals surface area contributed by atoms with Gasteiger partial charge in [0.05, 0.1) is 0 Å². The summed E-state index contributed by atoms with van der Waals surface area (Å²) in [6.45, 7) is 0. The fourth-order valence-electron chi connectivity index (χ4n) is 1.34. The molecule has 72 valence electrons. The summed E-state index contributed by atoms with van der Waals surface area (Å²) in [4.78, 5) is 3.91. The quantitative estimate of drug-likeness (QED) is 0.731. The first-order chi connectivity index (χ1) is 7.29. The second-order valence-electron chi connectivity index (χ2n) is 3.05. The summed E-state index contributed by atoms with van der Waals surface area (Å²) >= 11 is 5.89. The molecule has 0 radical (unpaired) electrons. The molecule has 1 aromatic heterocycles. The summed E-state index contributed by atoms with van der Waals surface area (Å²) in [6, 6.07) is 13.1. The van der Waals surface area contributed by atoms with Gasteiger partial charge in [-0.15, -0.1) is 0 Å². The minimum atomic E-state index is 0.410. The average Bonchev–Trinajstić information content (AvgIpc) is 2.29. The van der Waals surface area contributed by atoms with E-state index in [1.54, 1.807) is 12.3 Å². The molecule has 0 saturated heterocycles. The van der Waals surface area contributed by atoms with E-state index in [2.05, 4.69) is 4.98 Å². The van der Waals surface area contributed by atoms with Gasteiger partial charge in [-0.25, -0.2) is 4.98 Å². The highest BCUT2D eigenvalue weighted by Crippen LogP contribution is 2.22. The van der Waals surface area contributed by atoms with Gasteiger partial charge in [-0.05, 0) is 35.4 Å². The number of nitrogens with zero attached hydrogens (tertiary/aromatic N) is 2. The number of hydrogen-bond acceptors (Lipinski definition) is 2. The molecular weight excluding hydrogens is 208 g/mol. The van der Waals surface area contributed by atoms with Gasteiger partial charge in [-0.1, -0.05) is 23.7 Å². The van der Waals surface area contributed by atoms with Gasteiger partial charge in [0.25, 0.3) is 0 Å². The Hall–Kier alpha value is -1.85. The number of halogens is 1. The Morgan fingerprint density at radius 3 is 2.67 bits per heavy atom. The zero-order valence-electron chi connectivity index (χ0n) is 7.81. The molecule has 2 nitrogen and oxygen atoms in total. The van der Waals surface area contributed by atoms with E-state index in [1.165, 1.54) is 0 Å². The van der Waals surface area contributed by atoms with Gasteiger partial charge in [0, 0.05) is 11.2 Å². The van der Waals surface area contributed by atoms with Gasteiger partial charge in [-0.2, -0.15) is 5.26 Å². The number of hydrogen-bond donors (Lipinski definition) is 0. The van der Waals surface area contributed by atoms with Crippen molar-refractivity contribution >= 4 is 11.6 Å². The van der Waals surface area contributed by atoms with Crippen LogP contribution in [0.1, 0.15) is 5.69 Å². The third kappa shape index (κ3) is 2.15. The Kier molecular flexibility index (Phi) is 2.66. The highest BCUT2D eigenvalue weighted by molar-refractivity contribution is 6.30. The van der Waals surface area contributed by atoms with Crippen molar-refractivity contribution in [2.45, 2.75) is 0 Å². The molecule has 0 saturated carbocycles. The summed E-state index contributed by atoms with van der Waals surface area (Å²) in [6.07, 6.45) is 1.62. The fourth-order valence-corrected chi connectivity index (χ4v) is 1.53. The van der Waals surface area contributed by atoms with Crippen LogP contribution in [-0.2, 0) is 0 Å². The van der Waals surface area contributed by atoms with E-state index in [9.17, 15) is 0 Å². The van der Waals surface area contributed by atoms with Crippen molar-refractivity contribution in [1.29, 1.82) is 5.26 Å². The molecule has 2 aromatic rings. The molecule has 0 aliphatic heterocycles. The fraction of sp³-hybridized carbons (Fsp3) is 0. The third-order valence-corrected chi connectivity index (χ3v) is 2.27. The number of aromatic nitrogens is 1. The average molecular weight is 215 g/mol. The summed E-state index contributed by atoms with van der Waals surface area (Å²) in [5.74, 6) is 0. The van der Waals surface area contributed by atoms with Crippen molar-refractivity contribution in [2.24, 2.45) is 0 Å². The Bertz CT molecular complexity index is 529. The molecule has 0 N–H and O–H groups in total. The molecule has 0 atom stereocenters. The van der Waals surface area contributed by atoms with E-state index in [-0.39, 0.29) is 0 Å². The Morgan fingerprint density at radius 2 is 1.93 bits per heavy atom. The zero-order valence-corrected chi connectivity index (χ0v) is 8.57. The number of rotatable bonds is 1. The van der Waals surface area contributed by atoms with Gasteiger partial charge in [-0.3, -0.25) is 0 Å². The van der Waals surface area contributed by atoms with Crippen molar-refractivity contribution in [1.82, 2.24) is 4.98 Å². The normalized spacial score (nSPS) is 9.60. The van der Waals surface area contributed by atoms with Crippen LogP contribution in [0.3, 0.4) is 0 Å². The van der Waals surface area contributed by atoms with Crippen LogP contribution in [0.25, 0.3) is 11.1 Å². The van der Waals surface area contributed by atoms with Gasteiger partial charge in [0.2, 0.25) is 0 Å². The lowest BCUT2D eigenvalue weighted by molar-refractivity contribution is 1.26. The standard InChI is InChI=1S/C12H7ClN2/c13-11-3-1-2-9(6-11)10-4-5-15-12(7-10)8-14/h1-7H. The monoisotopic (exact) mass is 214 g/mol. The molecule has 1 aromatic carbocycles. The first kappa shape index (κ1) is 9.70. The third-order valence-electron chi connectivity index (χ3n) is 2.03. The van der Waals surface area contributed by atoms with E-state index in [0.717, 1.165) is 11.1 Å². The number of nitriles is 1. The Balaban J connectivity index is 2.50. The van der Waals surface area contributed by atoms with Crippen LogP contribution in [0.5, 0.6) is 0 Å². The Morgan fingerprint density at radius 1 is 1.13 bits per heavy atom. The molecule has 15 heavy (non-hydrogen) atoms. The van der Waals surface area contributed by atoms with Crippen LogP contribution in [0.4, 0.5) is 0 Å². The molecule has 2 rings (SSSR count). The SMILES string of the molecule is N#Cc1cc(-c2cccc(Cl)c2)ccn1. The van der Waals surface area contributed by atoms with E-state index in [4.69, 9.17) is 16.9 Å². The highest BCUT2D eigenvalue weighted by atomic mass is 35.5. The molecule has 0 amide bonds. The topological polar surface area (TPSA) is 36.7 Å². The first-order valence-corrected chi connectivity index (χ1v) is 4.79. The molecule has 0 aliphatic rings. The zero-order chi connectivity index (χ0) is 10.7. The summed E-state index contributed by atoms with van der Waals surface area (Å²) in [7, 11) is 0. The molecule has 0 unspecified atom stereocenters. The maximum absolute atomic E-state index is 8.72. The van der Waals surface area contributed by atoms with Crippen molar-refractivity contribution in [2.75, 3.05) is 0 Å². The molecule has 0 aliphatic carbocycles.